The van der Waals surface area contributed by atoms with E-state index in [1.807, 2.05) is 6.07 Å². The number of phenolic OH excluding ortho intramolecular Hbond substituents is 1. The Morgan fingerprint density at radius 3 is 2.93 bits per heavy atom. The molecule has 1 atom stereocenters. The molecular formula is C11H13Cl2NO. The maximum Gasteiger partial charge on any atom is 0.153 e. The van der Waals surface area contributed by atoms with Crippen LogP contribution in [0.4, 0.5) is 0 Å². The van der Waals surface area contributed by atoms with Gasteiger partial charge in [-0.05, 0) is 36.6 Å². The third-order valence-corrected chi connectivity index (χ3v) is 3.57. The van der Waals surface area contributed by atoms with Crippen molar-refractivity contribution in [3.63, 3.8) is 0 Å². The zero-order chi connectivity index (χ0) is 11.0. The molecule has 0 radical (unpaired) electrons. The van der Waals surface area contributed by atoms with Gasteiger partial charge in [0.1, 0.15) is 0 Å². The predicted octanol–water partition coefficient (Wildman–Crippen LogP) is 3.30. The largest absolute Gasteiger partial charge is 0.505 e. The van der Waals surface area contributed by atoms with E-state index in [0.717, 1.165) is 30.5 Å². The molecule has 1 aliphatic heterocycles. The maximum atomic E-state index is 9.64. The molecule has 1 aromatic carbocycles. The Morgan fingerprint density at radius 2 is 2.27 bits per heavy atom. The highest BCUT2D eigenvalue weighted by atomic mass is 35.5. The van der Waals surface area contributed by atoms with Crippen molar-refractivity contribution in [2.75, 3.05) is 6.54 Å². The van der Waals surface area contributed by atoms with Gasteiger partial charge in [0.15, 0.2) is 5.75 Å². The molecule has 4 heteroatoms. The standard InChI is InChI=1S/C11H13Cl2NO/c1-2-9-7-5-8(12)11(15)10(13)6(7)3-4-14-9/h5,9,14-15H,2-4H2,1H3. The quantitative estimate of drug-likeness (QED) is 0.796. The summed E-state index contributed by atoms with van der Waals surface area (Å²) in [5.41, 5.74) is 2.15. The normalized spacial score (nSPS) is 20.1. The first-order valence-corrected chi connectivity index (χ1v) is 5.83. The number of aromatic hydroxyl groups is 1. The topological polar surface area (TPSA) is 32.3 Å². The maximum absolute atomic E-state index is 9.64. The van der Waals surface area contributed by atoms with Crippen molar-refractivity contribution in [1.82, 2.24) is 5.32 Å². The molecular weight excluding hydrogens is 233 g/mol. The van der Waals surface area contributed by atoms with Crippen LogP contribution in [0.15, 0.2) is 6.07 Å². The fourth-order valence-electron chi connectivity index (χ4n) is 2.08. The van der Waals surface area contributed by atoms with Gasteiger partial charge in [-0.15, -0.1) is 0 Å². The Morgan fingerprint density at radius 1 is 1.53 bits per heavy atom. The third kappa shape index (κ3) is 1.82. The molecule has 0 saturated heterocycles. The minimum absolute atomic E-state index is 0.00818. The van der Waals surface area contributed by atoms with E-state index in [9.17, 15) is 5.11 Å². The van der Waals surface area contributed by atoms with E-state index in [2.05, 4.69) is 12.2 Å². The van der Waals surface area contributed by atoms with Crippen molar-refractivity contribution in [3.05, 3.63) is 27.2 Å². The van der Waals surface area contributed by atoms with Crippen LogP contribution in [-0.2, 0) is 6.42 Å². The van der Waals surface area contributed by atoms with Crippen LogP contribution in [0.1, 0.15) is 30.5 Å². The number of benzene rings is 1. The summed E-state index contributed by atoms with van der Waals surface area (Å²) in [4.78, 5) is 0. The van der Waals surface area contributed by atoms with Gasteiger partial charge in [-0.3, -0.25) is 0 Å². The van der Waals surface area contributed by atoms with E-state index in [1.54, 1.807) is 0 Å². The smallest absolute Gasteiger partial charge is 0.153 e. The van der Waals surface area contributed by atoms with E-state index in [-0.39, 0.29) is 5.75 Å². The number of nitrogens with one attached hydrogen (secondary N) is 1. The fourth-order valence-corrected chi connectivity index (χ4v) is 2.64. The van der Waals surface area contributed by atoms with Gasteiger partial charge in [0.2, 0.25) is 0 Å². The van der Waals surface area contributed by atoms with Gasteiger partial charge in [-0.1, -0.05) is 30.1 Å². The summed E-state index contributed by atoms with van der Waals surface area (Å²) in [5.74, 6) is 0.00818. The Hall–Kier alpha value is -0.440. The molecule has 1 aromatic rings. The van der Waals surface area contributed by atoms with Crippen molar-refractivity contribution in [2.45, 2.75) is 25.8 Å². The summed E-state index contributed by atoms with van der Waals surface area (Å²) >= 11 is 12.0. The van der Waals surface area contributed by atoms with Crippen LogP contribution < -0.4 is 5.32 Å². The molecule has 2 rings (SSSR count). The van der Waals surface area contributed by atoms with E-state index in [4.69, 9.17) is 23.2 Å². The Bertz CT molecular complexity index is 393. The molecule has 1 heterocycles. The van der Waals surface area contributed by atoms with Crippen molar-refractivity contribution in [1.29, 1.82) is 0 Å². The van der Waals surface area contributed by atoms with E-state index >= 15 is 0 Å². The second-order valence-electron chi connectivity index (χ2n) is 3.75. The summed E-state index contributed by atoms with van der Waals surface area (Å²) in [6, 6.07) is 2.11. The minimum Gasteiger partial charge on any atom is -0.505 e. The lowest BCUT2D eigenvalue weighted by Crippen LogP contribution is -2.29. The molecule has 2 nitrogen and oxygen atoms in total. The van der Waals surface area contributed by atoms with E-state index in [1.165, 1.54) is 0 Å². The summed E-state index contributed by atoms with van der Waals surface area (Å²) in [5, 5.41) is 13.8. The van der Waals surface area contributed by atoms with Gasteiger partial charge < -0.3 is 10.4 Å². The first-order chi connectivity index (χ1) is 7.15. The van der Waals surface area contributed by atoms with Crippen LogP contribution >= 0.6 is 23.2 Å². The van der Waals surface area contributed by atoms with Gasteiger partial charge in [-0.2, -0.15) is 0 Å². The molecule has 0 saturated carbocycles. The molecule has 0 bridgehead atoms. The lowest BCUT2D eigenvalue weighted by molar-refractivity contribution is 0.465. The Kier molecular flexibility index (Phi) is 3.10. The molecule has 0 amide bonds. The third-order valence-electron chi connectivity index (χ3n) is 2.88. The number of phenols is 1. The summed E-state index contributed by atoms with van der Waals surface area (Å²) in [6.45, 7) is 3.01. The zero-order valence-corrected chi connectivity index (χ0v) is 9.99. The second-order valence-corrected chi connectivity index (χ2v) is 4.54. The Labute approximate surface area is 99.2 Å². The lowest BCUT2D eigenvalue weighted by Gasteiger charge is -2.27. The number of rotatable bonds is 1. The van der Waals surface area contributed by atoms with Gasteiger partial charge in [0.25, 0.3) is 0 Å². The summed E-state index contributed by atoms with van der Waals surface area (Å²) in [7, 11) is 0. The highest BCUT2D eigenvalue weighted by Gasteiger charge is 2.23. The first-order valence-electron chi connectivity index (χ1n) is 5.08. The molecule has 1 aliphatic rings. The fraction of sp³-hybridized carbons (Fsp3) is 0.455. The van der Waals surface area contributed by atoms with Gasteiger partial charge in [-0.25, -0.2) is 0 Å². The van der Waals surface area contributed by atoms with E-state index < -0.39 is 0 Å². The van der Waals surface area contributed by atoms with Crippen LogP contribution in [0.25, 0.3) is 0 Å². The van der Waals surface area contributed by atoms with Crippen LogP contribution in [0.3, 0.4) is 0 Å². The van der Waals surface area contributed by atoms with Gasteiger partial charge >= 0.3 is 0 Å². The number of halogens is 2. The summed E-state index contributed by atoms with van der Waals surface area (Å²) in [6.07, 6.45) is 1.83. The predicted molar refractivity (Wildman–Crippen MR) is 62.9 cm³/mol. The van der Waals surface area contributed by atoms with Crippen LogP contribution in [0, 0.1) is 0 Å². The molecule has 82 valence electrons. The average molecular weight is 246 g/mol. The highest BCUT2D eigenvalue weighted by molar-refractivity contribution is 6.37. The molecule has 1 unspecified atom stereocenters. The van der Waals surface area contributed by atoms with Crippen LogP contribution in [-0.4, -0.2) is 11.7 Å². The second kappa shape index (κ2) is 4.20. The molecule has 0 fully saturated rings. The van der Waals surface area contributed by atoms with Crippen LogP contribution in [0.5, 0.6) is 5.75 Å². The lowest BCUT2D eigenvalue weighted by atomic mass is 9.92. The highest BCUT2D eigenvalue weighted by Crippen LogP contribution is 2.40. The first kappa shape index (κ1) is 11.1. The number of hydrogen-bond acceptors (Lipinski definition) is 2. The van der Waals surface area contributed by atoms with Crippen molar-refractivity contribution in [3.8, 4) is 5.75 Å². The van der Waals surface area contributed by atoms with Gasteiger partial charge in [0, 0.05) is 6.04 Å². The van der Waals surface area contributed by atoms with E-state index in [0.29, 0.717) is 16.1 Å². The van der Waals surface area contributed by atoms with Crippen LogP contribution in [0.2, 0.25) is 10.0 Å². The minimum atomic E-state index is 0.00818. The van der Waals surface area contributed by atoms with Gasteiger partial charge in [0.05, 0.1) is 10.0 Å². The Balaban J connectivity index is 2.58. The average Bonchev–Trinajstić information content (AvgIpc) is 2.25. The van der Waals surface area contributed by atoms with Crippen molar-refractivity contribution >= 4 is 23.2 Å². The van der Waals surface area contributed by atoms with Crippen molar-refractivity contribution in [2.24, 2.45) is 0 Å². The summed E-state index contributed by atoms with van der Waals surface area (Å²) < 4.78 is 0. The molecule has 0 spiro atoms. The molecule has 0 aliphatic carbocycles. The molecule has 15 heavy (non-hydrogen) atoms. The zero-order valence-electron chi connectivity index (χ0n) is 8.48. The SMILES string of the molecule is CCC1NCCc2c1cc(Cl)c(O)c2Cl. The number of hydrogen-bond donors (Lipinski definition) is 2. The monoisotopic (exact) mass is 245 g/mol. The number of fused-ring (bicyclic) bond motifs is 1. The molecule has 0 aromatic heterocycles. The van der Waals surface area contributed by atoms with Crippen molar-refractivity contribution < 1.29 is 5.11 Å². The molecule has 2 N–H and O–H groups in total.